The third-order valence-electron chi connectivity index (χ3n) is 3.48. The molecular formula is C18H23NO. The number of benzene rings is 2. The van der Waals surface area contributed by atoms with Gasteiger partial charge in [-0.1, -0.05) is 37.3 Å². The molecule has 0 aliphatic heterocycles. The van der Waals surface area contributed by atoms with Gasteiger partial charge in [-0.2, -0.15) is 0 Å². The van der Waals surface area contributed by atoms with E-state index in [0.29, 0.717) is 0 Å². The maximum Gasteiger partial charge on any atom is 0.123 e. The van der Waals surface area contributed by atoms with Crippen molar-refractivity contribution in [2.45, 2.75) is 26.8 Å². The molecule has 0 fully saturated rings. The highest BCUT2D eigenvalue weighted by Crippen LogP contribution is 2.28. The topological polar surface area (TPSA) is 21.3 Å². The second-order valence-electron chi connectivity index (χ2n) is 5.02. The van der Waals surface area contributed by atoms with E-state index in [2.05, 4.69) is 61.6 Å². The van der Waals surface area contributed by atoms with E-state index >= 15 is 0 Å². The Kier molecular flexibility index (Phi) is 5.19. The predicted octanol–water partition coefficient (Wildman–Crippen LogP) is 4.17. The zero-order chi connectivity index (χ0) is 14.4. The highest BCUT2D eigenvalue weighted by atomic mass is 16.5. The molecule has 0 aliphatic carbocycles. The van der Waals surface area contributed by atoms with Crippen LogP contribution in [0, 0.1) is 6.92 Å². The van der Waals surface area contributed by atoms with Crippen molar-refractivity contribution in [3.63, 3.8) is 0 Å². The van der Waals surface area contributed by atoms with E-state index < -0.39 is 0 Å². The third kappa shape index (κ3) is 3.40. The van der Waals surface area contributed by atoms with Gasteiger partial charge in [-0.05, 0) is 48.7 Å². The van der Waals surface area contributed by atoms with E-state index in [0.717, 1.165) is 25.3 Å². The summed E-state index contributed by atoms with van der Waals surface area (Å²) in [6.07, 6.45) is 1.14. The summed E-state index contributed by atoms with van der Waals surface area (Å²) < 4.78 is 5.46. The highest BCUT2D eigenvalue weighted by molar-refractivity contribution is 5.68. The lowest BCUT2D eigenvalue weighted by molar-refractivity contribution is 0.408. The van der Waals surface area contributed by atoms with Gasteiger partial charge in [-0.15, -0.1) is 0 Å². The molecule has 2 aromatic carbocycles. The second kappa shape index (κ2) is 7.11. The Hall–Kier alpha value is -1.80. The van der Waals surface area contributed by atoms with Gasteiger partial charge in [0, 0.05) is 12.1 Å². The molecule has 2 nitrogen and oxygen atoms in total. The van der Waals surface area contributed by atoms with Crippen LogP contribution in [-0.4, -0.2) is 13.7 Å². The average molecular weight is 269 g/mol. The summed E-state index contributed by atoms with van der Waals surface area (Å²) in [7, 11) is 1.73. The molecular weight excluding hydrogens is 246 g/mol. The summed E-state index contributed by atoms with van der Waals surface area (Å²) in [6, 6.07) is 14.9. The van der Waals surface area contributed by atoms with Gasteiger partial charge < -0.3 is 10.1 Å². The monoisotopic (exact) mass is 269 g/mol. The van der Waals surface area contributed by atoms with Gasteiger partial charge in [0.15, 0.2) is 0 Å². The molecule has 20 heavy (non-hydrogen) atoms. The molecule has 2 aromatic rings. The smallest absolute Gasteiger partial charge is 0.123 e. The molecule has 0 radical (unpaired) electrons. The lowest BCUT2D eigenvalue weighted by Gasteiger charge is -2.13. The van der Waals surface area contributed by atoms with Crippen LogP contribution in [-0.2, 0) is 6.54 Å². The largest absolute Gasteiger partial charge is 0.496 e. The van der Waals surface area contributed by atoms with Gasteiger partial charge in [0.25, 0.3) is 0 Å². The van der Waals surface area contributed by atoms with Crippen LogP contribution in [0.15, 0.2) is 42.5 Å². The van der Waals surface area contributed by atoms with Crippen molar-refractivity contribution in [2.24, 2.45) is 0 Å². The molecule has 2 rings (SSSR count). The molecule has 1 N–H and O–H groups in total. The Labute approximate surface area is 121 Å². The Morgan fingerprint density at radius 1 is 1.10 bits per heavy atom. The summed E-state index contributed by atoms with van der Waals surface area (Å²) in [5.41, 5.74) is 5.04. The van der Waals surface area contributed by atoms with Crippen LogP contribution in [0.2, 0.25) is 0 Å². The molecule has 0 unspecified atom stereocenters. The van der Waals surface area contributed by atoms with Gasteiger partial charge in [0.2, 0.25) is 0 Å². The van der Waals surface area contributed by atoms with Crippen LogP contribution in [0.25, 0.3) is 11.1 Å². The fourth-order valence-corrected chi connectivity index (χ4v) is 2.38. The van der Waals surface area contributed by atoms with Gasteiger partial charge in [-0.3, -0.25) is 0 Å². The van der Waals surface area contributed by atoms with Gasteiger partial charge >= 0.3 is 0 Å². The number of hydrogen-bond donors (Lipinski definition) is 1. The fourth-order valence-electron chi connectivity index (χ4n) is 2.38. The standard InChI is InChI=1S/C18H23NO/c1-4-11-19-13-16-12-15(9-10-18(16)20-3)17-8-6-5-7-14(17)2/h5-10,12,19H,4,11,13H2,1-3H3. The normalized spacial score (nSPS) is 10.6. The Morgan fingerprint density at radius 3 is 2.60 bits per heavy atom. The molecule has 0 heterocycles. The van der Waals surface area contributed by atoms with E-state index in [4.69, 9.17) is 4.74 Å². The zero-order valence-corrected chi connectivity index (χ0v) is 12.6. The molecule has 0 aromatic heterocycles. The molecule has 106 valence electrons. The van der Waals surface area contributed by atoms with Crippen molar-refractivity contribution in [1.29, 1.82) is 0 Å². The first-order chi connectivity index (χ1) is 9.76. The maximum atomic E-state index is 5.46. The minimum absolute atomic E-state index is 0.844. The van der Waals surface area contributed by atoms with Crippen LogP contribution in [0.1, 0.15) is 24.5 Å². The molecule has 0 spiro atoms. The van der Waals surface area contributed by atoms with Crippen LogP contribution >= 0.6 is 0 Å². The Morgan fingerprint density at radius 2 is 1.90 bits per heavy atom. The first-order valence-electron chi connectivity index (χ1n) is 7.20. The van der Waals surface area contributed by atoms with Crippen molar-refractivity contribution >= 4 is 0 Å². The maximum absolute atomic E-state index is 5.46. The molecule has 0 saturated heterocycles. The molecule has 0 aliphatic rings. The minimum atomic E-state index is 0.844. The first-order valence-corrected chi connectivity index (χ1v) is 7.20. The molecule has 0 amide bonds. The summed E-state index contributed by atoms with van der Waals surface area (Å²) >= 11 is 0. The number of rotatable bonds is 6. The van der Waals surface area contributed by atoms with E-state index in [1.54, 1.807) is 7.11 Å². The Balaban J connectivity index is 2.31. The lowest BCUT2D eigenvalue weighted by atomic mass is 9.98. The average Bonchev–Trinajstić information content (AvgIpc) is 2.48. The third-order valence-corrected chi connectivity index (χ3v) is 3.48. The van der Waals surface area contributed by atoms with E-state index in [1.807, 2.05) is 0 Å². The van der Waals surface area contributed by atoms with E-state index in [9.17, 15) is 0 Å². The molecule has 0 bridgehead atoms. The number of nitrogens with one attached hydrogen (secondary N) is 1. The predicted molar refractivity (Wildman–Crippen MR) is 85.2 cm³/mol. The van der Waals surface area contributed by atoms with E-state index in [1.165, 1.54) is 22.3 Å². The highest BCUT2D eigenvalue weighted by Gasteiger charge is 2.07. The van der Waals surface area contributed by atoms with Gasteiger partial charge in [0.05, 0.1) is 7.11 Å². The van der Waals surface area contributed by atoms with Crippen molar-refractivity contribution < 1.29 is 4.74 Å². The van der Waals surface area contributed by atoms with Crippen LogP contribution in [0.4, 0.5) is 0 Å². The van der Waals surface area contributed by atoms with Gasteiger partial charge in [0.1, 0.15) is 5.75 Å². The molecule has 0 atom stereocenters. The van der Waals surface area contributed by atoms with Crippen LogP contribution in [0.5, 0.6) is 5.75 Å². The summed E-state index contributed by atoms with van der Waals surface area (Å²) in [5, 5.41) is 3.44. The van der Waals surface area contributed by atoms with Crippen molar-refractivity contribution in [2.75, 3.05) is 13.7 Å². The minimum Gasteiger partial charge on any atom is -0.496 e. The number of ether oxygens (including phenoxy) is 1. The molecule has 0 saturated carbocycles. The number of aryl methyl sites for hydroxylation is 1. The summed E-state index contributed by atoms with van der Waals surface area (Å²) in [6.45, 7) is 6.19. The van der Waals surface area contributed by atoms with Gasteiger partial charge in [-0.25, -0.2) is 0 Å². The van der Waals surface area contributed by atoms with Crippen molar-refractivity contribution in [3.05, 3.63) is 53.6 Å². The molecule has 2 heteroatoms. The second-order valence-corrected chi connectivity index (χ2v) is 5.02. The van der Waals surface area contributed by atoms with Crippen molar-refractivity contribution in [3.8, 4) is 16.9 Å². The summed E-state index contributed by atoms with van der Waals surface area (Å²) in [5.74, 6) is 0.950. The fraction of sp³-hybridized carbons (Fsp3) is 0.333. The van der Waals surface area contributed by atoms with E-state index in [-0.39, 0.29) is 0 Å². The lowest BCUT2D eigenvalue weighted by Crippen LogP contribution is -2.14. The number of methoxy groups -OCH3 is 1. The zero-order valence-electron chi connectivity index (χ0n) is 12.6. The van der Waals surface area contributed by atoms with Crippen LogP contribution in [0.3, 0.4) is 0 Å². The Bertz CT molecular complexity index is 563. The van der Waals surface area contributed by atoms with Crippen molar-refractivity contribution in [1.82, 2.24) is 5.32 Å². The SMILES string of the molecule is CCCNCc1cc(-c2ccccc2C)ccc1OC. The number of hydrogen-bond acceptors (Lipinski definition) is 2. The summed E-state index contributed by atoms with van der Waals surface area (Å²) in [4.78, 5) is 0. The van der Waals surface area contributed by atoms with Crippen LogP contribution < -0.4 is 10.1 Å². The quantitative estimate of drug-likeness (QED) is 0.795. The first kappa shape index (κ1) is 14.6.